The summed E-state index contributed by atoms with van der Waals surface area (Å²) in [6.07, 6.45) is 5.73. The van der Waals surface area contributed by atoms with Gasteiger partial charge in [-0.1, -0.05) is 11.3 Å². The highest BCUT2D eigenvalue weighted by atomic mass is 16.2. The Morgan fingerprint density at radius 3 is 2.79 bits per heavy atom. The minimum atomic E-state index is -0.0794. The Morgan fingerprint density at radius 2 is 2.07 bits per heavy atom. The summed E-state index contributed by atoms with van der Waals surface area (Å²) in [5.74, 6) is 0.438. The van der Waals surface area contributed by atoms with Crippen LogP contribution in [0.2, 0.25) is 0 Å². The van der Waals surface area contributed by atoms with Gasteiger partial charge in [0.2, 0.25) is 11.8 Å². The summed E-state index contributed by atoms with van der Waals surface area (Å²) in [7, 11) is 0. The molecule has 154 valence electrons. The molecular weight excluding hydrogens is 370 g/mol. The quantitative estimate of drug-likeness (QED) is 0.651. The SMILES string of the molecule is CC(=O)NCCNC(=O)[C@H]1CN2CCC1C[C@@H]2Cn1cc(-c2ccccn2)nn1. The van der Waals surface area contributed by atoms with Crippen LogP contribution in [-0.4, -0.2) is 68.9 Å². The molecule has 2 unspecified atom stereocenters. The van der Waals surface area contributed by atoms with Crippen molar-refractivity contribution in [2.75, 3.05) is 26.2 Å². The molecule has 2 N–H and O–H groups in total. The fourth-order valence-corrected chi connectivity index (χ4v) is 4.42. The molecule has 3 aliphatic heterocycles. The zero-order chi connectivity index (χ0) is 20.2. The van der Waals surface area contributed by atoms with Crippen LogP contribution in [-0.2, 0) is 16.1 Å². The van der Waals surface area contributed by atoms with E-state index in [-0.39, 0.29) is 17.7 Å². The van der Waals surface area contributed by atoms with Crippen molar-refractivity contribution in [2.45, 2.75) is 32.4 Å². The van der Waals surface area contributed by atoms with Crippen molar-refractivity contribution in [2.24, 2.45) is 11.8 Å². The number of amides is 2. The van der Waals surface area contributed by atoms with E-state index in [1.165, 1.54) is 6.92 Å². The topological polar surface area (TPSA) is 105 Å². The van der Waals surface area contributed by atoms with E-state index in [1.54, 1.807) is 6.20 Å². The van der Waals surface area contributed by atoms with Crippen molar-refractivity contribution >= 4 is 11.8 Å². The van der Waals surface area contributed by atoms with Crippen LogP contribution in [0.4, 0.5) is 0 Å². The molecule has 9 nitrogen and oxygen atoms in total. The standard InChI is InChI=1S/C20H27N7O2/c1-14(28)21-7-8-23-20(29)17-12-26-9-5-15(17)10-16(26)11-27-13-19(24-25-27)18-4-2-3-6-22-18/h2-4,6,13,15-17H,5,7-12H2,1H3,(H,21,28)(H,23,29)/t15?,16-,17+/m1/s1. The molecule has 3 aliphatic rings. The normalized spacial score (nSPS) is 25.6. The molecular formula is C20H27N7O2. The van der Waals surface area contributed by atoms with Crippen molar-refractivity contribution in [1.82, 2.24) is 35.5 Å². The minimum Gasteiger partial charge on any atom is -0.355 e. The Balaban J connectivity index is 1.31. The number of nitrogens with zero attached hydrogens (tertiary/aromatic N) is 5. The Kier molecular flexibility index (Phi) is 5.84. The van der Waals surface area contributed by atoms with Crippen molar-refractivity contribution in [3.63, 3.8) is 0 Å². The highest BCUT2D eigenvalue weighted by molar-refractivity contribution is 5.79. The first-order valence-corrected chi connectivity index (χ1v) is 10.2. The summed E-state index contributed by atoms with van der Waals surface area (Å²) in [5, 5.41) is 14.2. The van der Waals surface area contributed by atoms with Crippen molar-refractivity contribution in [3.05, 3.63) is 30.6 Å². The van der Waals surface area contributed by atoms with E-state index in [9.17, 15) is 9.59 Å². The smallest absolute Gasteiger partial charge is 0.224 e. The molecule has 0 aromatic carbocycles. The van der Waals surface area contributed by atoms with Gasteiger partial charge in [-0.05, 0) is 37.4 Å². The summed E-state index contributed by atoms with van der Waals surface area (Å²) in [6, 6.07) is 6.12. The van der Waals surface area contributed by atoms with Crippen LogP contribution in [0.5, 0.6) is 0 Å². The van der Waals surface area contributed by atoms with Crippen LogP contribution in [0.25, 0.3) is 11.4 Å². The number of carbonyl (C=O) groups is 2. The number of pyridine rings is 1. The zero-order valence-corrected chi connectivity index (χ0v) is 16.6. The zero-order valence-electron chi connectivity index (χ0n) is 16.6. The van der Waals surface area contributed by atoms with Gasteiger partial charge in [0.15, 0.2) is 0 Å². The molecule has 5 rings (SSSR count). The lowest BCUT2D eigenvalue weighted by atomic mass is 9.75. The molecule has 4 atom stereocenters. The van der Waals surface area contributed by atoms with Gasteiger partial charge >= 0.3 is 0 Å². The van der Waals surface area contributed by atoms with Gasteiger partial charge in [-0.25, -0.2) is 0 Å². The second-order valence-corrected chi connectivity index (χ2v) is 7.85. The maximum absolute atomic E-state index is 12.6. The summed E-state index contributed by atoms with van der Waals surface area (Å²) in [5.41, 5.74) is 1.60. The molecule has 5 heterocycles. The lowest BCUT2D eigenvalue weighted by Crippen LogP contribution is -2.58. The largest absolute Gasteiger partial charge is 0.355 e. The van der Waals surface area contributed by atoms with Crippen LogP contribution < -0.4 is 10.6 Å². The molecule has 3 fully saturated rings. The second kappa shape index (κ2) is 8.69. The van der Waals surface area contributed by atoms with Gasteiger partial charge in [0, 0.05) is 38.8 Å². The predicted molar refractivity (Wildman–Crippen MR) is 107 cm³/mol. The lowest BCUT2D eigenvalue weighted by Gasteiger charge is -2.49. The molecule has 3 saturated heterocycles. The Hall–Kier alpha value is -2.81. The second-order valence-electron chi connectivity index (χ2n) is 7.85. The molecule has 0 spiro atoms. The highest BCUT2D eigenvalue weighted by Gasteiger charge is 2.43. The molecule has 2 aromatic heterocycles. The number of hydrogen-bond acceptors (Lipinski definition) is 6. The van der Waals surface area contributed by atoms with Crippen molar-refractivity contribution < 1.29 is 9.59 Å². The maximum atomic E-state index is 12.6. The van der Waals surface area contributed by atoms with Crippen LogP contribution >= 0.6 is 0 Å². The number of piperidine rings is 3. The van der Waals surface area contributed by atoms with Gasteiger partial charge in [-0.3, -0.25) is 24.2 Å². The Morgan fingerprint density at radius 1 is 1.21 bits per heavy atom. The van der Waals surface area contributed by atoms with Gasteiger partial charge in [0.25, 0.3) is 0 Å². The summed E-state index contributed by atoms with van der Waals surface area (Å²) < 4.78 is 1.89. The number of hydrogen-bond donors (Lipinski definition) is 2. The van der Waals surface area contributed by atoms with Gasteiger partial charge in [-0.15, -0.1) is 5.10 Å². The summed E-state index contributed by atoms with van der Waals surface area (Å²) in [6.45, 7) is 4.99. The molecule has 2 aromatic rings. The van der Waals surface area contributed by atoms with E-state index < -0.39 is 0 Å². The van der Waals surface area contributed by atoms with Crippen LogP contribution in [0.1, 0.15) is 19.8 Å². The minimum absolute atomic E-state index is 0.0251. The fraction of sp³-hybridized carbons (Fsp3) is 0.550. The molecule has 0 aliphatic carbocycles. The Labute approximate surface area is 169 Å². The number of carbonyl (C=O) groups excluding carboxylic acids is 2. The van der Waals surface area contributed by atoms with E-state index in [2.05, 4.69) is 30.8 Å². The maximum Gasteiger partial charge on any atom is 0.224 e. The first kappa shape index (κ1) is 19.5. The molecule has 2 bridgehead atoms. The van der Waals surface area contributed by atoms with E-state index in [1.807, 2.05) is 29.1 Å². The number of fused-ring (bicyclic) bond motifs is 3. The average Bonchev–Trinajstić information content (AvgIpc) is 3.20. The third-order valence-corrected chi connectivity index (χ3v) is 5.88. The number of aromatic nitrogens is 4. The third kappa shape index (κ3) is 4.61. The van der Waals surface area contributed by atoms with Crippen LogP contribution in [0.3, 0.4) is 0 Å². The van der Waals surface area contributed by atoms with Gasteiger partial charge < -0.3 is 10.6 Å². The first-order valence-electron chi connectivity index (χ1n) is 10.2. The predicted octanol–water partition coefficient (Wildman–Crippen LogP) is 0.303. The number of rotatable bonds is 7. The summed E-state index contributed by atoms with van der Waals surface area (Å²) in [4.78, 5) is 30.2. The van der Waals surface area contributed by atoms with E-state index in [0.29, 0.717) is 25.0 Å². The Bertz CT molecular complexity index is 854. The summed E-state index contributed by atoms with van der Waals surface area (Å²) >= 11 is 0. The molecule has 9 heteroatoms. The van der Waals surface area contributed by atoms with E-state index in [0.717, 1.165) is 43.9 Å². The first-order chi connectivity index (χ1) is 14.1. The van der Waals surface area contributed by atoms with Gasteiger partial charge in [0.1, 0.15) is 5.69 Å². The monoisotopic (exact) mass is 397 g/mol. The fourth-order valence-electron chi connectivity index (χ4n) is 4.42. The average molecular weight is 397 g/mol. The number of nitrogens with one attached hydrogen (secondary N) is 2. The third-order valence-electron chi connectivity index (χ3n) is 5.88. The van der Waals surface area contributed by atoms with Crippen molar-refractivity contribution in [1.29, 1.82) is 0 Å². The van der Waals surface area contributed by atoms with Gasteiger partial charge in [0.05, 0.1) is 24.4 Å². The molecule has 0 radical (unpaired) electrons. The van der Waals surface area contributed by atoms with Crippen LogP contribution in [0.15, 0.2) is 30.6 Å². The van der Waals surface area contributed by atoms with Gasteiger partial charge in [-0.2, -0.15) is 0 Å². The van der Waals surface area contributed by atoms with E-state index >= 15 is 0 Å². The molecule has 0 saturated carbocycles. The molecule has 29 heavy (non-hydrogen) atoms. The van der Waals surface area contributed by atoms with Crippen molar-refractivity contribution in [3.8, 4) is 11.4 Å². The highest BCUT2D eigenvalue weighted by Crippen LogP contribution is 2.37. The lowest BCUT2D eigenvalue weighted by molar-refractivity contribution is -0.133. The van der Waals surface area contributed by atoms with Crippen LogP contribution in [0, 0.1) is 11.8 Å². The van der Waals surface area contributed by atoms with E-state index in [4.69, 9.17) is 0 Å². The molecule has 2 amide bonds.